The number of thiazole rings is 1. The van der Waals surface area contributed by atoms with Gasteiger partial charge in [0, 0.05) is 6.07 Å². The van der Waals surface area contributed by atoms with E-state index in [-0.39, 0.29) is 17.7 Å². The minimum absolute atomic E-state index is 0.0327. The number of carbonyl (C=O) groups is 1. The van der Waals surface area contributed by atoms with Crippen LogP contribution in [0.15, 0.2) is 23.7 Å². The Balaban J connectivity index is 2.14. The molecule has 106 valence electrons. The summed E-state index contributed by atoms with van der Waals surface area (Å²) in [5.41, 5.74) is 2.34. The summed E-state index contributed by atoms with van der Waals surface area (Å²) >= 11 is 1.22. The second-order valence-corrected chi connectivity index (χ2v) is 5.38. The largest absolute Gasteiger partial charge is 0.491 e. The van der Waals surface area contributed by atoms with Gasteiger partial charge in [-0.15, -0.1) is 11.3 Å². The lowest BCUT2D eigenvalue weighted by molar-refractivity contribution is 0.102. The van der Waals surface area contributed by atoms with E-state index in [0.29, 0.717) is 16.3 Å². The Kier molecular flexibility index (Phi) is 4.34. The lowest BCUT2D eigenvalue weighted by atomic mass is 10.2. The molecule has 0 saturated carbocycles. The van der Waals surface area contributed by atoms with Crippen LogP contribution in [0.4, 0.5) is 10.1 Å². The summed E-state index contributed by atoms with van der Waals surface area (Å²) in [5.74, 6) is -0.454. The molecule has 2 rings (SSSR count). The SMILES string of the molecule is Cc1ncsc1C(=O)Nc1ccc(OC(C)C)cc1F. The fourth-order valence-electron chi connectivity index (χ4n) is 1.64. The molecule has 0 aliphatic heterocycles. The van der Waals surface area contributed by atoms with Gasteiger partial charge in [-0.25, -0.2) is 9.37 Å². The Morgan fingerprint density at radius 2 is 2.20 bits per heavy atom. The van der Waals surface area contributed by atoms with Crippen molar-refractivity contribution in [1.82, 2.24) is 4.98 Å². The van der Waals surface area contributed by atoms with Gasteiger partial charge in [0.25, 0.3) is 5.91 Å². The Hall–Kier alpha value is -1.95. The smallest absolute Gasteiger partial charge is 0.267 e. The zero-order valence-electron chi connectivity index (χ0n) is 11.4. The number of amides is 1. The standard InChI is InChI=1S/C14H15FN2O2S/c1-8(2)19-10-4-5-12(11(15)6-10)17-14(18)13-9(3)16-7-20-13/h4-8H,1-3H3,(H,17,18). The zero-order valence-corrected chi connectivity index (χ0v) is 12.3. The topological polar surface area (TPSA) is 51.2 Å². The van der Waals surface area contributed by atoms with Crippen molar-refractivity contribution in [3.8, 4) is 5.75 Å². The molecule has 2 aromatic rings. The number of hydrogen-bond donors (Lipinski definition) is 1. The molecule has 0 bridgehead atoms. The first-order valence-electron chi connectivity index (χ1n) is 6.15. The number of anilines is 1. The Bertz CT molecular complexity index is 625. The van der Waals surface area contributed by atoms with E-state index in [1.54, 1.807) is 18.5 Å². The van der Waals surface area contributed by atoms with E-state index in [1.807, 2.05) is 13.8 Å². The van der Waals surface area contributed by atoms with Crippen LogP contribution in [0.2, 0.25) is 0 Å². The fraction of sp³-hybridized carbons (Fsp3) is 0.286. The first kappa shape index (κ1) is 14.5. The van der Waals surface area contributed by atoms with Crippen molar-refractivity contribution in [1.29, 1.82) is 0 Å². The van der Waals surface area contributed by atoms with Crippen LogP contribution < -0.4 is 10.1 Å². The van der Waals surface area contributed by atoms with E-state index in [2.05, 4.69) is 10.3 Å². The van der Waals surface area contributed by atoms with E-state index in [1.165, 1.54) is 23.5 Å². The molecule has 0 aliphatic carbocycles. The number of ether oxygens (including phenoxy) is 1. The maximum atomic E-state index is 13.9. The first-order valence-corrected chi connectivity index (χ1v) is 7.03. The summed E-state index contributed by atoms with van der Waals surface area (Å²) in [4.78, 5) is 16.4. The average molecular weight is 294 g/mol. The van der Waals surface area contributed by atoms with Crippen LogP contribution in [0.1, 0.15) is 29.2 Å². The number of nitrogens with one attached hydrogen (secondary N) is 1. The molecule has 1 heterocycles. The third-order valence-electron chi connectivity index (χ3n) is 2.51. The van der Waals surface area contributed by atoms with Gasteiger partial charge in [-0.05, 0) is 32.9 Å². The Morgan fingerprint density at radius 3 is 2.75 bits per heavy atom. The quantitative estimate of drug-likeness (QED) is 0.936. The van der Waals surface area contributed by atoms with E-state index < -0.39 is 5.82 Å². The van der Waals surface area contributed by atoms with Gasteiger partial charge in [0.05, 0.1) is 23.0 Å². The number of aromatic nitrogens is 1. The molecule has 0 fully saturated rings. The maximum Gasteiger partial charge on any atom is 0.267 e. The lowest BCUT2D eigenvalue weighted by Crippen LogP contribution is -2.13. The van der Waals surface area contributed by atoms with Crippen molar-refractivity contribution in [2.45, 2.75) is 26.9 Å². The predicted octanol–water partition coefficient (Wildman–Crippen LogP) is 3.63. The van der Waals surface area contributed by atoms with E-state index in [4.69, 9.17) is 4.74 Å². The minimum atomic E-state index is -0.529. The summed E-state index contributed by atoms with van der Waals surface area (Å²) in [5, 5.41) is 2.53. The summed E-state index contributed by atoms with van der Waals surface area (Å²) in [7, 11) is 0. The van der Waals surface area contributed by atoms with Crippen molar-refractivity contribution in [3.63, 3.8) is 0 Å². The molecule has 1 aromatic carbocycles. The van der Waals surface area contributed by atoms with Crippen LogP contribution >= 0.6 is 11.3 Å². The molecule has 20 heavy (non-hydrogen) atoms. The molecular formula is C14H15FN2O2S. The molecule has 0 spiro atoms. The van der Waals surface area contributed by atoms with Crippen molar-refractivity contribution >= 4 is 22.9 Å². The van der Waals surface area contributed by atoms with Crippen molar-refractivity contribution < 1.29 is 13.9 Å². The number of halogens is 1. The fourth-order valence-corrected chi connectivity index (χ4v) is 2.34. The first-order chi connectivity index (χ1) is 9.47. The second-order valence-electron chi connectivity index (χ2n) is 4.53. The molecule has 0 radical (unpaired) electrons. The molecule has 0 atom stereocenters. The van der Waals surface area contributed by atoms with Gasteiger partial charge in [-0.3, -0.25) is 4.79 Å². The number of benzene rings is 1. The number of carbonyl (C=O) groups excluding carboxylic acids is 1. The number of aryl methyl sites for hydroxylation is 1. The zero-order chi connectivity index (χ0) is 14.7. The molecule has 1 N–H and O–H groups in total. The minimum Gasteiger partial charge on any atom is -0.491 e. The average Bonchev–Trinajstić information content (AvgIpc) is 2.78. The number of rotatable bonds is 4. The highest BCUT2D eigenvalue weighted by Crippen LogP contribution is 2.23. The molecule has 0 saturated heterocycles. The van der Waals surface area contributed by atoms with E-state index >= 15 is 0 Å². The van der Waals surface area contributed by atoms with Crippen LogP contribution in [-0.4, -0.2) is 17.0 Å². The van der Waals surface area contributed by atoms with Gasteiger partial charge in [0.1, 0.15) is 16.4 Å². The lowest BCUT2D eigenvalue weighted by Gasteiger charge is -2.11. The number of hydrogen-bond acceptors (Lipinski definition) is 4. The Labute approximate surface area is 120 Å². The molecule has 1 aromatic heterocycles. The summed E-state index contributed by atoms with van der Waals surface area (Å²) in [6, 6.07) is 4.37. The van der Waals surface area contributed by atoms with Gasteiger partial charge in [0.15, 0.2) is 0 Å². The van der Waals surface area contributed by atoms with Crippen molar-refractivity contribution in [2.75, 3.05) is 5.32 Å². The van der Waals surface area contributed by atoms with Gasteiger partial charge >= 0.3 is 0 Å². The van der Waals surface area contributed by atoms with Crippen molar-refractivity contribution in [2.24, 2.45) is 0 Å². The van der Waals surface area contributed by atoms with Crippen LogP contribution in [0.5, 0.6) is 5.75 Å². The highest BCUT2D eigenvalue weighted by atomic mass is 32.1. The molecule has 0 unspecified atom stereocenters. The maximum absolute atomic E-state index is 13.9. The predicted molar refractivity (Wildman–Crippen MR) is 77.0 cm³/mol. The van der Waals surface area contributed by atoms with Gasteiger partial charge < -0.3 is 10.1 Å². The molecule has 0 aliphatic rings. The molecule has 4 nitrogen and oxygen atoms in total. The van der Waals surface area contributed by atoms with Crippen LogP contribution in [0.3, 0.4) is 0 Å². The normalized spacial score (nSPS) is 10.7. The highest BCUT2D eigenvalue weighted by Gasteiger charge is 2.14. The highest BCUT2D eigenvalue weighted by molar-refractivity contribution is 7.12. The summed E-state index contributed by atoms with van der Waals surface area (Å²) in [6.45, 7) is 5.46. The van der Waals surface area contributed by atoms with Crippen molar-refractivity contribution in [3.05, 3.63) is 40.1 Å². The van der Waals surface area contributed by atoms with Crippen LogP contribution in [0.25, 0.3) is 0 Å². The Morgan fingerprint density at radius 1 is 1.45 bits per heavy atom. The molecule has 1 amide bonds. The van der Waals surface area contributed by atoms with Gasteiger partial charge in [-0.1, -0.05) is 0 Å². The van der Waals surface area contributed by atoms with Crippen LogP contribution in [-0.2, 0) is 0 Å². The molecule has 6 heteroatoms. The van der Waals surface area contributed by atoms with Gasteiger partial charge in [-0.2, -0.15) is 0 Å². The molecular weight excluding hydrogens is 279 g/mol. The monoisotopic (exact) mass is 294 g/mol. The third kappa shape index (κ3) is 3.33. The summed E-state index contributed by atoms with van der Waals surface area (Å²) < 4.78 is 19.3. The second kappa shape index (κ2) is 6.00. The van der Waals surface area contributed by atoms with Crippen LogP contribution in [0, 0.1) is 12.7 Å². The van der Waals surface area contributed by atoms with E-state index in [0.717, 1.165) is 0 Å². The summed E-state index contributed by atoms with van der Waals surface area (Å²) in [6.07, 6.45) is -0.0327. The van der Waals surface area contributed by atoms with Gasteiger partial charge in [0.2, 0.25) is 0 Å². The van der Waals surface area contributed by atoms with E-state index in [9.17, 15) is 9.18 Å². The third-order valence-corrected chi connectivity index (χ3v) is 3.44. The number of nitrogens with zero attached hydrogens (tertiary/aromatic N) is 1.